The van der Waals surface area contributed by atoms with Crippen LogP contribution in [0.25, 0.3) is 16.6 Å². The molecule has 0 fully saturated rings. The maximum absolute atomic E-state index is 14.9. The van der Waals surface area contributed by atoms with E-state index in [-0.39, 0.29) is 23.9 Å². The third kappa shape index (κ3) is 4.59. The maximum atomic E-state index is 14.9. The molecule has 0 spiro atoms. The van der Waals surface area contributed by atoms with Crippen molar-refractivity contribution in [1.82, 2.24) is 19.6 Å². The predicted molar refractivity (Wildman–Crippen MR) is 115 cm³/mol. The van der Waals surface area contributed by atoms with Crippen LogP contribution in [0.2, 0.25) is 0 Å². The van der Waals surface area contributed by atoms with Crippen molar-refractivity contribution in [2.75, 3.05) is 23.5 Å². The van der Waals surface area contributed by atoms with Crippen molar-refractivity contribution in [1.29, 1.82) is 0 Å². The number of fused-ring (bicyclic) bond motifs is 1. The van der Waals surface area contributed by atoms with Crippen LogP contribution in [0, 0.1) is 5.82 Å². The summed E-state index contributed by atoms with van der Waals surface area (Å²) in [7, 11) is 1.51. The van der Waals surface area contributed by atoms with E-state index >= 15 is 0 Å². The third-order valence-corrected chi connectivity index (χ3v) is 4.82. The highest BCUT2D eigenvalue weighted by Crippen LogP contribution is 2.34. The van der Waals surface area contributed by atoms with Crippen molar-refractivity contribution in [2.45, 2.75) is 12.8 Å². The fourth-order valence-corrected chi connectivity index (χ4v) is 3.39. The van der Waals surface area contributed by atoms with Gasteiger partial charge < -0.3 is 15.8 Å². The number of carbonyl (C=O) groups excluding carboxylic acids is 1. The average Bonchev–Trinajstić information content (AvgIpc) is 3.14. The Balaban J connectivity index is 1.59. The van der Waals surface area contributed by atoms with E-state index < -0.39 is 23.6 Å². The first-order chi connectivity index (χ1) is 16.2. The Kier molecular flexibility index (Phi) is 6.03. The molecule has 176 valence electrons. The van der Waals surface area contributed by atoms with Gasteiger partial charge >= 0.3 is 12.2 Å². The van der Waals surface area contributed by atoms with Gasteiger partial charge in [-0.15, -0.1) is 0 Å². The number of urea groups is 1. The van der Waals surface area contributed by atoms with Crippen LogP contribution >= 0.6 is 0 Å². The standard InChI is InChI=1S/C21H17F4N7O2/c1-34-9-12-8-32-18(19(26)28-10-29-32)17(12)11-2-3-15(14(22)6-11)30-20(33)31-16-7-13(4-5-27-16)21(23,24)25/h2-8,10H,9H2,1H3,(H2,26,28,29)(H2,27,30,31,33). The van der Waals surface area contributed by atoms with E-state index in [0.29, 0.717) is 28.3 Å². The number of nitrogens with two attached hydrogens (primary N) is 1. The number of alkyl halides is 3. The lowest BCUT2D eigenvalue weighted by molar-refractivity contribution is -0.137. The lowest BCUT2D eigenvalue weighted by Gasteiger charge is -2.11. The van der Waals surface area contributed by atoms with Crippen molar-refractivity contribution >= 4 is 28.9 Å². The largest absolute Gasteiger partial charge is 0.416 e. The van der Waals surface area contributed by atoms with Crippen molar-refractivity contribution in [3.8, 4) is 11.1 Å². The molecule has 4 aromatic rings. The molecule has 4 rings (SSSR count). The molecule has 2 amide bonds. The van der Waals surface area contributed by atoms with Gasteiger partial charge in [-0.05, 0) is 29.8 Å². The molecule has 9 nitrogen and oxygen atoms in total. The Hall–Kier alpha value is -4.26. The number of pyridine rings is 1. The third-order valence-electron chi connectivity index (χ3n) is 4.82. The highest BCUT2D eigenvalue weighted by molar-refractivity contribution is 5.99. The van der Waals surface area contributed by atoms with Crippen molar-refractivity contribution in [2.24, 2.45) is 0 Å². The number of methoxy groups -OCH3 is 1. The van der Waals surface area contributed by atoms with E-state index in [1.165, 1.54) is 30.1 Å². The smallest absolute Gasteiger partial charge is 0.382 e. The van der Waals surface area contributed by atoms with Crippen LogP contribution in [0.1, 0.15) is 11.1 Å². The zero-order valence-electron chi connectivity index (χ0n) is 17.5. The Morgan fingerprint density at radius 2 is 1.97 bits per heavy atom. The molecule has 0 saturated carbocycles. The van der Waals surface area contributed by atoms with Gasteiger partial charge in [-0.1, -0.05) is 6.07 Å². The van der Waals surface area contributed by atoms with Crippen LogP contribution in [0.3, 0.4) is 0 Å². The van der Waals surface area contributed by atoms with Gasteiger partial charge in [0.15, 0.2) is 5.82 Å². The number of hydrogen-bond acceptors (Lipinski definition) is 6. The molecule has 0 aliphatic carbocycles. The second-order valence-electron chi connectivity index (χ2n) is 7.10. The second kappa shape index (κ2) is 8.94. The molecule has 0 bridgehead atoms. The first-order valence-electron chi connectivity index (χ1n) is 9.68. The fraction of sp³-hybridized carbons (Fsp3) is 0.143. The van der Waals surface area contributed by atoms with Crippen LogP contribution in [0.4, 0.5) is 39.7 Å². The normalized spacial score (nSPS) is 11.6. The summed E-state index contributed by atoms with van der Waals surface area (Å²) in [6, 6.07) is 4.50. The van der Waals surface area contributed by atoms with E-state index in [1.54, 1.807) is 12.3 Å². The lowest BCUT2D eigenvalue weighted by atomic mass is 10.0. The zero-order chi connectivity index (χ0) is 24.5. The molecule has 4 N–H and O–H groups in total. The second-order valence-corrected chi connectivity index (χ2v) is 7.10. The molecule has 0 radical (unpaired) electrons. The molecule has 0 unspecified atom stereocenters. The molecule has 0 saturated heterocycles. The van der Waals surface area contributed by atoms with E-state index in [1.807, 2.05) is 0 Å². The van der Waals surface area contributed by atoms with Crippen LogP contribution in [0.15, 0.2) is 49.1 Å². The first-order valence-corrected chi connectivity index (χ1v) is 9.68. The number of nitrogens with one attached hydrogen (secondary N) is 2. The lowest BCUT2D eigenvalue weighted by Crippen LogP contribution is -2.21. The van der Waals surface area contributed by atoms with Gasteiger partial charge in [0.1, 0.15) is 23.5 Å². The summed E-state index contributed by atoms with van der Waals surface area (Å²) in [6.07, 6.45) is -0.722. The molecule has 13 heteroatoms. The van der Waals surface area contributed by atoms with Crippen LogP contribution < -0.4 is 16.4 Å². The summed E-state index contributed by atoms with van der Waals surface area (Å²) in [5.41, 5.74) is 6.95. The Bertz CT molecular complexity index is 1370. The van der Waals surface area contributed by atoms with Gasteiger partial charge in [0.25, 0.3) is 0 Å². The molecular formula is C21H17F4N7O2. The van der Waals surface area contributed by atoms with E-state index in [2.05, 4.69) is 25.7 Å². The zero-order valence-corrected chi connectivity index (χ0v) is 17.5. The SMILES string of the molecule is COCc1cn2ncnc(N)c2c1-c1ccc(NC(=O)Nc2cc(C(F)(F)F)ccn2)c(F)c1. The van der Waals surface area contributed by atoms with Crippen molar-refractivity contribution in [3.05, 3.63) is 66.0 Å². The van der Waals surface area contributed by atoms with E-state index in [9.17, 15) is 22.4 Å². The van der Waals surface area contributed by atoms with Gasteiger partial charge in [0.2, 0.25) is 0 Å². The number of aromatic nitrogens is 4. The minimum Gasteiger partial charge on any atom is -0.382 e. The van der Waals surface area contributed by atoms with E-state index in [4.69, 9.17) is 10.5 Å². The minimum atomic E-state index is -4.60. The molecule has 0 aliphatic rings. The number of rotatable bonds is 5. The number of benzene rings is 1. The van der Waals surface area contributed by atoms with E-state index in [0.717, 1.165) is 12.3 Å². The summed E-state index contributed by atoms with van der Waals surface area (Å²) in [5, 5.41) is 8.51. The summed E-state index contributed by atoms with van der Waals surface area (Å²) in [6.45, 7) is 0.201. The molecular weight excluding hydrogens is 458 g/mol. The molecule has 3 aromatic heterocycles. The minimum absolute atomic E-state index is 0.183. The van der Waals surface area contributed by atoms with Crippen LogP contribution in [-0.2, 0) is 17.5 Å². The number of anilines is 3. The highest BCUT2D eigenvalue weighted by Gasteiger charge is 2.31. The number of nitrogens with zero attached hydrogens (tertiary/aromatic N) is 4. The summed E-state index contributed by atoms with van der Waals surface area (Å²) in [4.78, 5) is 19.8. The van der Waals surface area contributed by atoms with Crippen molar-refractivity contribution in [3.63, 3.8) is 0 Å². The molecule has 34 heavy (non-hydrogen) atoms. The first kappa shape index (κ1) is 22.9. The summed E-state index contributed by atoms with van der Waals surface area (Å²) >= 11 is 0. The quantitative estimate of drug-likeness (QED) is 0.370. The number of halogens is 4. The topological polar surface area (TPSA) is 119 Å². The molecule has 3 heterocycles. The summed E-state index contributed by atoms with van der Waals surface area (Å²) < 4.78 is 60.1. The summed E-state index contributed by atoms with van der Waals surface area (Å²) in [5.74, 6) is -0.949. The average molecular weight is 475 g/mol. The Morgan fingerprint density at radius 3 is 2.68 bits per heavy atom. The number of hydrogen-bond donors (Lipinski definition) is 3. The monoisotopic (exact) mass is 475 g/mol. The van der Waals surface area contributed by atoms with Crippen molar-refractivity contribution < 1.29 is 27.1 Å². The van der Waals surface area contributed by atoms with Crippen LogP contribution in [-0.4, -0.2) is 32.7 Å². The molecule has 1 aromatic carbocycles. The van der Waals surface area contributed by atoms with Gasteiger partial charge in [-0.25, -0.2) is 23.7 Å². The molecule has 0 atom stereocenters. The van der Waals surface area contributed by atoms with Crippen LogP contribution in [0.5, 0.6) is 0 Å². The van der Waals surface area contributed by atoms with Gasteiger partial charge in [0.05, 0.1) is 17.9 Å². The maximum Gasteiger partial charge on any atom is 0.416 e. The van der Waals surface area contributed by atoms with Gasteiger partial charge in [-0.3, -0.25) is 5.32 Å². The number of ether oxygens (including phenoxy) is 1. The Labute approximate surface area is 189 Å². The predicted octanol–water partition coefficient (Wildman–Crippen LogP) is 4.32. The van der Waals surface area contributed by atoms with Gasteiger partial charge in [0, 0.05) is 30.6 Å². The number of amides is 2. The number of nitrogen functional groups attached to an aromatic ring is 1. The fourth-order valence-electron chi connectivity index (χ4n) is 3.39. The Morgan fingerprint density at radius 1 is 1.18 bits per heavy atom. The van der Waals surface area contributed by atoms with Gasteiger partial charge in [-0.2, -0.15) is 18.3 Å². The molecule has 0 aliphatic heterocycles. The number of carbonyl (C=O) groups is 1. The highest BCUT2D eigenvalue weighted by atomic mass is 19.4.